The molecule has 0 fully saturated rings. The molecule has 0 saturated carbocycles. The fourth-order valence-electron chi connectivity index (χ4n) is 1.30. The molecule has 0 spiro atoms. The largest absolute Gasteiger partial charge is 0.478 e. The van der Waals surface area contributed by atoms with Gasteiger partial charge in [-0.25, -0.2) is 4.79 Å². The molecule has 0 bridgehead atoms. The fraction of sp³-hybridized carbons (Fsp3) is 0.300. The second-order valence-electron chi connectivity index (χ2n) is 3.16. The van der Waals surface area contributed by atoms with Crippen LogP contribution in [0.1, 0.15) is 21.5 Å². The van der Waals surface area contributed by atoms with Crippen LogP contribution in [0, 0.1) is 0 Å². The van der Waals surface area contributed by atoms with Crippen LogP contribution in [0.2, 0.25) is 0 Å². The lowest BCUT2D eigenvalue weighted by Crippen LogP contribution is -2.13. The molecule has 16 heavy (non-hydrogen) atoms. The van der Waals surface area contributed by atoms with Gasteiger partial charge in [0, 0.05) is 6.61 Å². The zero-order chi connectivity index (χ0) is 12.3. The van der Waals surface area contributed by atoms with Crippen molar-refractivity contribution < 1.29 is 28.2 Å². The Bertz CT molecular complexity index is 399. The minimum Gasteiger partial charge on any atom is -0.478 e. The van der Waals surface area contributed by atoms with E-state index in [0.717, 1.165) is 12.1 Å². The number of alkyl halides is 3. The molecule has 0 aliphatic rings. The quantitative estimate of drug-likeness (QED) is 0.840. The normalized spacial score (nSPS) is 11.5. The van der Waals surface area contributed by atoms with Crippen molar-refractivity contribution in [3.05, 3.63) is 34.9 Å². The molecule has 1 aromatic carbocycles. The molecular weight excluding hydrogens is 225 g/mol. The van der Waals surface area contributed by atoms with E-state index in [1.165, 1.54) is 0 Å². The lowest BCUT2D eigenvalue weighted by Gasteiger charge is -2.11. The summed E-state index contributed by atoms with van der Waals surface area (Å²) in [7, 11) is 0. The highest BCUT2D eigenvalue weighted by Gasteiger charge is 2.35. The first-order chi connectivity index (χ1) is 7.36. The van der Waals surface area contributed by atoms with Crippen molar-refractivity contribution in [2.75, 3.05) is 6.61 Å². The van der Waals surface area contributed by atoms with Gasteiger partial charge < -0.3 is 10.2 Å². The molecule has 3 nitrogen and oxygen atoms in total. The van der Waals surface area contributed by atoms with Crippen molar-refractivity contribution in [3.8, 4) is 0 Å². The van der Waals surface area contributed by atoms with Gasteiger partial charge in [0.1, 0.15) is 0 Å². The maximum absolute atomic E-state index is 12.4. The lowest BCUT2D eigenvalue weighted by atomic mass is 10.0. The molecule has 0 heterocycles. The van der Waals surface area contributed by atoms with E-state index >= 15 is 0 Å². The SMILES string of the molecule is O=C(O)c1cc(CCO)ccc1C(F)(F)F. The number of hydrogen-bond acceptors (Lipinski definition) is 2. The molecule has 1 aromatic rings. The summed E-state index contributed by atoms with van der Waals surface area (Å²) in [5.74, 6) is -1.63. The van der Waals surface area contributed by atoms with Crippen LogP contribution in [-0.4, -0.2) is 22.8 Å². The number of aliphatic hydroxyl groups excluding tert-OH is 1. The third-order valence-electron chi connectivity index (χ3n) is 2.02. The summed E-state index contributed by atoms with van der Waals surface area (Å²) in [4.78, 5) is 10.7. The molecule has 6 heteroatoms. The Morgan fingerprint density at radius 3 is 2.38 bits per heavy atom. The number of aliphatic hydroxyl groups is 1. The van der Waals surface area contributed by atoms with Crippen LogP contribution in [0.5, 0.6) is 0 Å². The minimum absolute atomic E-state index is 0.123. The number of carbonyl (C=O) groups is 1. The molecule has 0 aromatic heterocycles. The van der Waals surface area contributed by atoms with Gasteiger partial charge in [-0.2, -0.15) is 13.2 Å². The van der Waals surface area contributed by atoms with Gasteiger partial charge in [0.2, 0.25) is 0 Å². The zero-order valence-electron chi connectivity index (χ0n) is 8.08. The van der Waals surface area contributed by atoms with E-state index in [-0.39, 0.29) is 13.0 Å². The van der Waals surface area contributed by atoms with Crippen LogP contribution in [0.3, 0.4) is 0 Å². The molecule has 0 unspecified atom stereocenters. The van der Waals surface area contributed by atoms with Crippen molar-refractivity contribution in [2.45, 2.75) is 12.6 Å². The molecule has 0 saturated heterocycles. The van der Waals surface area contributed by atoms with Crippen LogP contribution < -0.4 is 0 Å². The monoisotopic (exact) mass is 234 g/mol. The maximum atomic E-state index is 12.4. The third-order valence-corrected chi connectivity index (χ3v) is 2.02. The van der Waals surface area contributed by atoms with Gasteiger partial charge in [-0.3, -0.25) is 0 Å². The predicted octanol–water partition coefficient (Wildman–Crippen LogP) is 1.94. The third kappa shape index (κ3) is 2.73. The summed E-state index contributed by atoms with van der Waals surface area (Å²) in [5.41, 5.74) is -1.62. The highest BCUT2D eigenvalue weighted by Crippen LogP contribution is 2.32. The van der Waals surface area contributed by atoms with Crippen LogP contribution in [-0.2, 0) is 12.6 Å². The average molecular weight is 234 g/mol. The van der Waals surface area contributed by atoms with Gasteiger partial charge in [0.25, 0.3) is 0 Å². The molecule has 2 N–H and O–H groups in total. The lowest BCUT2D eigenvalue weighted by molar-refractivity contribution is -0.138. The van der Waals surface area contributed by atoms with Crippen LogP contribution in [0.15, 0.2) is 18.2 Å². The summed E-state index contributed by atoms with van der Waals surface area (Å²) in [6.45, 7) is -0.246. The average Bonchev–Trinajstić information content (AvgIpc) is 2.16. The van der Waals surface area contributed by atoms with Crippen LogP contribution in [0.25, 0.3) is 0 Å². The topological polar surface area (TPSA) is 57.5 Å². The molecule has 0 radical (unpaired) electrons. The van der Waals surface area contributed by atoms with Crippen molar-refractivity contribution in [3.63, 3.8) is 0 Å². The first-order valence-corrected chi connectivity index (χ1v) is 4.40. The zero-order valence-corrected chi connectivity index (χ0v) is 8.08. The van der Waals surface area contributed by atoms with Gasteiger partial charge >= 0.3 is 12.1 Å². The number of aromatic carboxylic acids is 1. The molecule has 88 valence electrons. The second-order valence-corrected chi connectivity index (χ2v) is 3.16. The smallest absolute Gasteiger partial charge is 0.417 e. The van der Waals surface area contributed by atoms with Crippen LogP contribution >= 0.6 is 0 Å². The highest BCUT2D eigenvalue weighted by molar-refractivity contribution is 5.89. The Balaban J connectivity index is 3.25. The standard InChI is InChI=1S/C10H9F3O3/c11-10(12,13)8-2-1-6(3-4-14)5-7(8)9(15)16/h1-2,5,14H,3-4H2,(H,15,16). The van der Waals surface area contributed by atoms with Crippen molar-refractivity contribution in [2.24, 2.45) is 0 Å². The fourth-order valence-corrected chi connectivity index (χ4v) is 1.30. The summed E-state index contributed by atoms with van der Waals surface area (Å²) in [6, 6.07) is 2.81. The van der Waals surface area contributed by atoms with Gasteiger partial charge in [0.15, 0.2) is 0 Å². The maximum Gasteiger partial charge on any atom is 0.417 e. The molecular formula is C10H9F3O3. The van der Waals surface area contributed by atoms with Gasteiger partial charge in [-0.05, 0) is 24.1 Å². The van der Waals surface area contributed by atoms with Crippen molar-refractivity contribution in [1.82, 2.24) is 0 Å². The van der Waals surface area contributed by atoms with E-state index in [1.807, 2.05) is 0 Å². The number of halogens is 3. The predicted molar refractivity (Wildman–Crippen MR) is 49.2 cm³/mol. The first-order valence-electron chi connectivity index (χ1n) is 4.40. The summed E-state index contributed by atoms with van der Waals surface area (Å²) in [6.07, 6.45) is -4.57. The number of benzene rings is 1. The van der Waals surface area contributed by atoms with Crippen molar-refractivity contribution >= 4 is 5.97 Å². The van der Waals surface area contributed by atoms with Gasteiger partial charge in [0.05, 0.1) is 11.1 Å². The molecule has 0 atom stereocenters. The Hall–Kier alpha value is -1.56. The van der Waals surface area contributed by atoms with E-state index in [2.05, 4.69) is 0 Å². The Labute approximate surface area is 89.1 Å². The molecule has 0 aliphatic carbocycles. The second kappa shape index (κ2) is 4.52. The van der Waals surface area contributed by atoms with Crippen molar-refractivity contribution in [1.29, 1.82) is 0 Å². The highest BCUT2D eigenvalue weighted by atomic mass is 19.4. The van der Waals surface area contributed by atoms with Crippen LogP contribution in [0.4, 0.5) is 13.2 Å². The number of carboxylic acids is 1. The number of rotatable bonds is 3. The van der Waals surface area contributed by atoms with E-state index in [4.69, 9.17) is 10.2 Å². The number of carboxylic acid groups (broad SMARTS) is 1. The Morgan fingerprint density at radius 1 is 1.31 bits per heavy atom. The Kier molecular flexibility index (Phi) is 3.54. The van der Waals surface area contributed by atoms with E-state index in [9.17, 15) is 18.0 Å². The minimum atomic E-state index is -4.69. The van der Waals surface area contributed by atoms with E-state index < -0.39 is 23.3 Å². The molecule has 1 rings (SSSR count). The molecule has 0 aliphatic heterocycles. The molecule has 0 amide bonds. The van der Waals surface area contributed by atoms with E-state index in [0.29, 0.717) is 11.6 Å². The van der Waals surface area contributed by atoms with Gasteiger partial charge in [-0.15, -0.1) is 0 Å². The first kappa shape index (κ1) is 12.5. The Morgan fingerprint density at radius 2 is 1.94 bits per heavy atom. The summed E-state index contributed by atoms with van der Waals surface area (Å²) >= 11 is 0. The van der Waals surface area contributed by atoms with Gasteiger partial charge in [-0.1, -0.05) is 6.07 Å². The summed E-state index contributed by atoms with van der Waals surface area (Å²) < 4.78 is 37.2. The van der Waals surface area contributed by atoms with E-state index in [1.54, 1.807) is 0 Å². The number of hydrogen-bond donors (Lipinski definition) is 2. The summed E-state index contributed by atoms with van der Waals surface area (Å²) in [5, 5.41) is 17.3.